The van der Waals surface area contributed by atoms with Gasteiger partial charge >= 0.3 is 5.97 Å². The topological polar surface area (TPSA) is 118 Å². The molecule has 1 aromatic carbocycles. The lowest BCUT2D eigenvalue weighted by Gasteiger charge is -2.11. The number of carbonyl (C=O) groups excluding carboxylic acids is 2. The number of nitrogens with one attached hydrogen (secondary N) is 2. The number of rotatable bonds is 7. The number of hydrogen-bond donors (Lipinski definition) is 3. The molecular weight excluding hydrogens is 350 g/mol. The maximum absolute atomic E-state index is 12.3. The zero-order valence-electron chi connectivity index (χ0n) is 15.2. The maximum atomic E-state index is 12.3. The van der Waals surface area contributed by atoms with Crippen molar-refractivity contribution in [1.82, 2.24) is 10.3 Å². The van der Waals surface area contributed by atoms with Crippen LogP contribution in [0.1, 0.15) is 41.6 Å². The van der Waals surface area contributed by atoms with Crippen molar-refractivity contribution < 1.29 is 24.2 Å². The summed E-state index contributed by atoms with van der Waals surface area (Å²) < 4.78 is 5.47. The number of amides is 2. The van der Waals surface area contributed by atoms with E-state index in [2.05, 4.69) is 15.6 Å². The molecule has 1 heterocycles. The Labute approximate surface area is 156 Å². The molecule has 8 heteroatoms. The van der Waals surface area contributed by atoms with Crippen molar-refractivity contribution in [2.75, 3.05) is 5.32 Å². The van der Waals surface area contributed by atoms with E-state index >= 15 is 0 Å². The zero-order chi connectivity index (χ0) is 20.0. The molecule has 8 nitrogen and oxygen atoms in total. The minimum absolute atomic E-state index is 0.0571. The van der Waals surface area contributed by atoms with Crippen molar-refractivity contribution in [2.45, 2.75) is 32.9 Å². The number of aromatic nitrogens is 1. The number of ether oxygens (including phenoxy) is 1. The normalized spacial score (nSPS) is 11.6. The largest absolute Gasteiger partial charge is 0.480 e. The van der Waals surface area contributed by atoms with Crippen LogP contribution in [-0.2, 0) is 4.79 Å². The molecule has 2 amide bonds. The molecule has 3 N–H and O–H groups in total. The van der Waals surface area contributed by atoms with E-state index in [1.807, 2.05) is 13.8 Å². The van der Waals surface area contributed by atoms with E-state index in [-0.39, 0.29) is 17.4 Å². The fraction of sp³-hybridized carbons (Fsp3) is 0.263. The maximum Gasteiger partial charge on any atom is 0.325 e. The number of carboxylic acids is 1. The molecule has 0 fully saturated rings. The number of nitrogens with zero attached hydrogens (tertiary/aromatic N) is 1. The molecule has 27 heavy (non-hydrogen) atoms. The molecule has 0 aliphatic carbocycles. The standard InChI is InChI=1S/C19H21N3O5/c1-11(2)27-16-6-4-5-15(22-16)18(24)21-14-9-7-13(8-10-14)17(23)20-12(3)19(25)26/h4-12H,1-3H3,(H,20,23)(H,21,24)(H,25,26). The Morgan fingerprint density at radius 2 is 1.67 bits per heavy atom. The van der Waals surface area contributed by atoms with Crippen LogP contribution in [0.3, 0.4) is 0 Å². The molecule has 2 aromatic rings. The van der Waals surface area contributed by atoms with Gasteiger partial charge in [0.05, 0.1) is 6.10 Å². The second-order valence-electron chi connectivity index (χ2n) is 6.09. The Kier molecular flexibility index (Phi) is 6.48. The van der Waals surface area contributed by atoms with E-state index in [1.165, 1.54) is 19.1 Å². The summed E-state index contributed by atoms with van der Waals surface area (Å²) in [6, 6.07) is 10.00. The van der Waals surface area contributed by atoms with Crippen LogP contribution in [-0.4, -0.2) is 40.0 Å². The number of carboxylic acid groups (broad SMARTS) is 1. The fourth-order valence-corrected chi connectivity index (χ4v) is 2.09. The molecule has 0 aliphatic rings. The third-order valence-corrected chi connectivity index (χ3v) is 3.44. The van der Waals surface area contributed by atoms with Crippen LogP contribution in [0.15, 0.2) is 42.5 Å². The Bertz CT molecular complexity index is 833. The monoisotopic (exact) mass is 371 g/mol. The second-order valence-corrected chi connectivity index (χ2v) is 6.09. The number of anilines is 1. The quantitative estimate of drug-likeness (QED) is 0.687. The van der Waals surface area contributed by atoms with Crippen molar-refractivity contribution in [2.24, 2.45) is 0 Å². The Balaban J connectivity index is 2.02. The van der Waals surface area contributed by atoms with Crippen LogP contribution in [0, 0.1) is 0 Å². The molecular formula is C19H21N3O5. The predicted molar refractivity (Wildman–Crippen MR) is 99.0 cm³/mol. The van der Waals surface area contributed by atoms with Crippen LogP contribution >= 0.6 is 0 Å². The van der Waals surface area contributed by atoms with Gasteiger partial charge in [-0.25, -0.2) is 4.98 Å². The van der Waals surface area contributed by atoms with E-state index < -0.39 is 23.8 Å². The third-order valence-electron chi connectivity index (χ3n) is 3.44. The van der Waals surface area contributed by atoms with Gasteiger partial charge < -0.3 is 20.5 Å². The van der Waals surface area contributed by atoms with E-state index in [0.717, 1.165) is 0 Å². The number of pyridine rings is 1. The van der Waals surface area contributed by atoms with Gasteiger partial charge in [0.1, 0.15) is 11.7 Å². The first-order valence-corrected chi connectivity index (χ1v) is 8.35. The number of hydrogen-bond acceptors (Lipinski definition) is 5. The predicted octanol–water partition coefficient (Wildman–Crippen LogP) is 2.32. The van der Waals surface area contributed by atoms with Crippen LogP contribution < -0.4 is 15.4 Å². The summed E-state index contributed by atoms with van der Waals surface area (Å²) in [6.45, 7) is 5.10. The SMILES string of the molecule is CC(C)Oc1cccc(C(=O)Nc2ccc(C(=O)NC(C)C(=O)O)cc2)n1. The Morgan fingerprint density at radius 1 is 1.00 bits per heavy atom. The van der Waals surface area contributed by atoms with Gasteiger partial charge in [-0.2, -0.15) is 0 Å². The molecule has 1 unspecified atom stereocenters. The molecule has 1 atom stereocenters. The van der Waals surface area contributed by atoms with Gasteiger partial charge in [-0.15, -0.1) is 0 Å². The summed E-state index contributed by atoms with van der Waals surface area (Å²) in [5.41, 5.74) is 0.955. The molecule has 0 bridgehead atoms. The minimum Gasteiger partial charge on any atom is -0.480 e. The summed E-state index contributed by atoms with van der Waals surface area (Å²) in [6.07, 6.45) is -0.0571. The minimum atomic E-state index is -1.12. The van der Waals surface area contributed by atoms with E-state index in [9.17, 15) is 14.4 Å². The summed E-state index contributed by atoms with van der Waals surface area (Å²) >= 11 is 0. The van der Waals surface area contributed by atoms with Crippen LogP contribution in [0.4, 0.5) is 5.69 Å². The van der Waals surface area contributed by atoms with E-state index in [4.69, 9.17) is 9.84 Å². The number of aliphatic carboxylic acids is 1. The highest BCUT2D eigenvalue weighted by molar-refractivity contribution is 6.03. The van der Waals surface area contributed by atoms with Crippen molar-refractivity contribution in [3.63, 3.8) is 0 Å². The molecule has 2 rings (SSSR count). The highest BCUT2D eigenvalue weighted by Gasteiger charge is 2.15. The third kappa shape index (κ3) is 5.81. The first-order chi connectivity index (χ1) is 12.8. The van der Waals surface area contributed by atoms with Crippen LogP contribution in [0.5, 0.6) is 5.88 Å². The van der Waals surface area contributed by atoms with Crippen molar-refractivity contribution >= 4 is 23.5 Å². The Morgan fingerprint density at radius 3 is 2.26 bits per heavy atom. The first-order valence-electron chi connectivity index (χ1n) is 8.35. The van der Waals surface area contributed by atoms with Gasteiger partial charge in [-0.3, -0.25) is 14.4 Å². The highest BCUT2D eigenvalue weighted by Crippen LogP contribution is 2.13. The molecule has 0 saturated carbocycles. The average Bonchev–Trinajstić information content (AvgIpc) is 2.61. The van der Waals surface area contributed by atoms with Crippen molar-refractivity contribution in [3.05, 3.63) is 53.7 Å². The average molecular weight is 371 g/mol. The van der Waals surface area contributed by atoms with Crippen molar-refractivity contribution in [3.8, 4) is 5.88 Å². The summed E-state index contributed by atoms with van der Waals surface area (Å²) in [5, 5.41) is 13.9. The lowest BCUT2D eigenvalue weighted by Crippen LogP contribution is -2.38. The molecule has 0 radical (unpaired) electrons. The van der Waals surface area contributed by atoms with E-state index in [1.54, 1.807) is 30.3 Å². The van der Waals surface area contributed by atoms with Gasteiger partial charge in [0.15, 0.2) is 0 Å². The first kappa shape index (κ1) is 19.9. The second kappa shape index (κ2) is 8.79. The summed E-state index contributed by atoms with van der Waals surface area (Å²) in [5.74, 6) is -1.69. The van der Waals surface area contributed by atoms with Gasteiger partial charge in [0, 0.05) is 17.3 Å². The number of carbonyl (C=O) groups is 3. The van der Waals surface area contributed by atoms with Crippen LogP contribution in [0.2, 0.25) is 0 Å². The zero-order valence-corrected chi connectivity index (χ0v) is 15.2. The smallest absolute Gasteiger partial charge is 0.325 e. The highest BCUT2D eigenvalue weighted by atomic mass is 16.5. The van der Waals surface area contributed by atoms with Gasteiger partial charge in [-0.1, -0.05) is 6.07 Å². The van der Waals surface area contributed by atoms with Gasteiger partial charge in [0.2, 0.25) is 5.88 Å². The molecule has 0 saturated heterocycles. The van der Waals surface area contributed by atoms with Crippen molar-refractivity contribution in [1.29, 1.82) is 0 Å². The van der Waals surface area contributed by atoms with Gasteiger partial charge in [-0.05, 0) is 51.1 Å². The summed E-state index contributed by atoms with van der Waals surface area (Å²) in [7, 11) is 0. The van der Waals surface area contributed by atoms with E-state index in [0.29, 0.717) is 11.6 Å². The Hall–Kier alpha value is -3.42. The molecule has 0 aliphatic heterocycles. The number of benzene rings is 1. The van der Waals surface area contributed by atoms with Crippen LogP contribution in [0.25, 0.3) is 0 Å². The molecule has 0 spiro atoms. The summed E-state index contributed by atoms with van der Waals surface area (Å²) in [4.78, 5) is 39.2. The molecule has 1 aromatic heterocycles. The molecule has 142 valence electrons. The lowest BCUT2D eigenvalue weighted by molar-refractivity contribution is -0.138. The van der Waals surface area contributed by atoms with Gasteiger partial charge in [0.25, 0.3) is 11.8 Å². The lowest BCUT2D eigenvalue weighted by atomic mass is 10.1. The fourth-order valence-electron chi connectivity index (χ4n) is 2.09.